The Morgan fingerprint density at radius 3 is 2.62 bits per heavy atom. The van der Waals surface area contributed by atoms with E-state index in [1.807, 2.05) is 38.1 Å². The molecule has 2 heterocycles. The standard InChI is InChI=1S/C27H41N7O3/c1-18(2)17-36-27(35)31-24-10-8-7-9-21(24)15-29-20(5)34-25(23(16-30-34)19(3)4)32-26(28)37-22-11-13-33(6)14-12-22/h7-10,16,18-19,22,29H,5,11-15,17H2,1-4,6H3,(H2,28,32)(H,31,35). The number of aliphatic imine (C=N–C) groups is 1. The number of aromatic nitrogens is 2. The maximum absolute atomic E-state index is 12.2. The van der Waals surface area contributed by atoms with Gasteiger partial charge in [0.25, 0.3) is 6.02 Å². The molecule has 0 saturated carbocycles. The molecule has 0 aliphatic carbocycles. The van der Waals surface area contributed by atoms with E-state index in [1.54, 1.807) is 10.9 Å². The molecular weight excluding hydrogens is 470 g/mol. The van der Waals surface area contributed by atoms with Gasteiger partial charge in [-0.25, -0.2) is 4.79 Å². The van der Waals surface area contributed by atoms with Gasteiger partial charge in [-0.1, -0.05) is 52.5 Å². The Balaban J connectivity index is 1.70. The zero-order chi connectivity index (χ0) is 26.9. The molecule has 0 spiro atoms. The number of anilines is 1. The highest BCUT2D eigenvalue weighted by Crippen LogP contribution is 2.29. The lowest BCUT2D eigenvalue weighted by Crippen LogP contribution is -2.36. The Kier molecular flexibility index (Phi) is 9.96. The summed E-state index contributed by atoms with van der Waals surface area (Å²) in [5, 5.41) is 10.6. The smallest absolute Gasteiger partial charge is 0.411 e. The van der Waals surface area contributed by atoms with E-state index in [0.29, 0.717) is 30.5 Å². The summed E-state index contributed by atoms with van der Waals surface area (Å²) in [6.45, 7) is 15.0. The van der Waals surface area contributed by atoms with Crippen LogP contribution in [0.4, 0.5) is 16.3 Å². The van der Waals surface area contributed by atoms with Gasteiger partial charge < -0.3 is 25.4 Å². The van der Waals surface area contributed by atoms with Crippen LogP contribution in [0.15, 0.2) is 42.0 Å². The number of carbonyl (C=O) groups is 1. The predicted molar refractivity (Wildman–Crippen MR) is 148 cm³/mol. The molecule has 0 bridgehead atoms. The van der Waals surface area contributed by atoms with Crippen molar-refractivity contribution in [1.82, 2.24) is 20.0 Å². The summed E-state index contributed by atoms with van der Waals surface area (Å²) in [4.78, 5) is 19.1. The number of amidine groups is 1. The van der Waals surface area contributed by atoms with Crippen molar-refractivity contribution in [2.45, 2.75) is 59.1 Å². The number of benzene rings is 1. The number of likely N-dealkylation sites (tertiary alicyclic amines) is 1. The van der Waals surface area contributed by atoms with Gasteiger partial charge in [0.1, 0.15) is 11.9 Å². The molecule has 0 unspecified atom stereocenters. The van der Waals surface area contributed by atoms with E-state index in [9.17, 15) is 4.79 Å². The number of carbonyl (C=O) groups excluding carboxylic acids is 1. The lowest BCUT2D eigenvalue weighted by atomic mass is 10.1. The van der Waals surface area contributed by atoms with Gasteiger partial charge in [0, 0.05) is 30.9 Å². The first kappa shape index (κ1) is 28.0. The Morgan fingerprint density at radius 2 is 1.95 bits per heavy atom. The zero-order valence-electron chi connectivity index (χ0n) is 22.7. The van der Waals surface area contributed by atoms with E-state index in [4.69, 9.17) is 15.2 Å². The minimum atomic E-state index is -0.481. The maximum Gasteiger partial charge on any atom is 0.411 e. The second kappa shape index (κ2) is 13.1. The number of amides is 1. The van der Waals surface area contributed by atoms with Gasteiger partial charge in [0.2, 0.25) is 0 Å². The highest BCUT2D eigenvalue weighted by Gasteiger charge is 2.21. The summed E-state index contributed by atoms with van der Waals surface area (Å²) in [6, 6.07) is 7.65. The number of nitrogens with two attached hydrogens (primary N) is 1. The topological polar surface area (TPSA) is 119 Å². The number of nitrogens with one attached hydrogen (secondary N) is 2. The summed E-state index contributed by atoms with van der Waals surface area (Å²) in [5.74, 6) is 1.55. The molecule has 0 atom stereocenters. The molecule has 0 radical (unpaired) electrons. The Morgan fingerprint density at radius 1 is 1.24 bits per heavy atom. The van der Waals surface area contributed by atoms with Crippen LogP contribution in [0, 0.1) is 5.92 Å². The number of hydrogen-bond donors (Lipinski definition) is 3. The molecule has 37 heavy (non-hydrogen) atoms. The van der Waals surface area contributed by atoms with E-state index in [0.717, 1.165) is 37.1 Å². The Hall–Kier alpha value is -3.53. The van der Waals surface area contributed by atoms with Gasteiger partial charge >= 0.3 is 6.09 Å². The summed E-state index contributed by atoms with van der Waals surface area (Å²) >= 11 is 0. The fourth-order valence-electron chi connectivity index (χ4n) is 3.93. The van der Waals surface area contributed by atoms with E-state index < -0.39 is 6.09 Å². The molecule has 1 aliphatic rings. The average molecular weight is 512 g/mol. The van der Waals surface area contributed by atoms with Crippen molar-refractivity contribution in [3.8, 4) is 0 Å². The third-order valence-electron chi connectivity index (χ3n) is 6.10. The van der Waals surface area contributed by atoms with Gasteiger partial charge in [0.05, 0.1) is 12.8 Å². The predicted octanol–water partition coefficient (Wildman–Crippen LogP) is 4.49. The van der Waals surface area contributed by atoms with E-state index in [1.165, 1.54) is 0 Å². The number of hydrogen-bond acceptors (Lipinski definition) is 7. The van der Waals surface area contributed by atoms with Gasteiger partial charge in [-0.2, -0.15) is 14.8 Å². The first-order valence-corrected chi connectivity index (χ1v) is 12.9. The summed E-state index contributed by atoms with van der Waals surface area (Å²) in [7, 11) is 2.10. The highest BCUT2D eigenvalue weighted by atomic mass is 16.5. The monoisotopic (exact) mass is 511 g/mol. The molecule has 1 saturated heterocycles. The zero-order valence-corrected chi connectivity index (χ0v) is 22.7. The number of para-hydroxylation sites is 1. The number of piperidine rings is 1. The van der Waals surface area contributed by atoms with E-state index in [-0.39, 0.29) is 24.0 Å². The lowest BCUT2D eigenvalue weighted by Gasteiger charge is -2.28. The fraction of sp³-hybridized carbons (Fsp3) is 0.519. The molecule has 1 aliphatic heterocycles. The Labute approximate surface area is 219 Å². The minimum Gasteiger partial charge on any atom is -0.462 e. The molecule has 10 heteroatoms. The molecule has 202 valence electrons. The molecule has 10 nitrogen and oxygen atoms in total. The third-order valence-corrected chi connectivity index (χ3v) is 6.10. The van der Waals surface area contributed by atoms with Crippen LogP contribution in [0.5, 0.6) is 0 Å². The fourth-order valence-corrected chi connectivity index (χ4v) is 3.93. The summed E-state index contributed by atoms with van der Waals surface area (Å²) in [5.41, 5.74) is 8.68. The van der Waals surface area contributed by atoms with Crippen molar-refractivity contribution >= 4 is 29.4 Å². The largest absolute Gasteiger partial charge is 0.462 e. The average Bonchev–Trinajstić information content (AvgIpc) is 3.27. The van der Waals surface area contributed by atoms with Crippen LogP contribution >= 0.6 is 0 Å². The molecule has 3 rings (SSSR count). The van der Waals surface area contributed by atoms with Crippen LogP contribution in [-0.2, 0) is 16.0 Å². The van der Waals surface area contributed by atoms with Crippen molar-refractivity contribution < 1.29 is 14.3 Å². The molecule has 1 aromatic heterocycles. The maximum atomic E-state index is 12.2. The first-order valence-electron chi connectivity index (χ1n) is 12.9. The van der Waals surface area contributed by atoms with Crippen molar-refractivity contribution in [1.29, 1.82) is 0 Å². The number of nitrogens with zero attached hydrogens (tertiary/aromatic N) is 4. The first-order chi connectivity index (χ1) is 17.6. The number of rotatable bonds is 10. The van der Waals surface area contributed by atoms with Crippen LogP contribution in [0.25, 0.3) is 5.82 Å². The van der Waals surface area contributed by atoms with Crippen LogP contribution in [-0.4, -0.2) is 59.6 Å². The molecule has 2 aromatic rings. The van der Waals surface area contributed by atoms with Gasteiger partial charge in [0.15, 0.2) is 5.82 Å². The summed E-state index contributed by atoms with van der Waals surface area (Å²) < 4.78 is 12.8. The molecule has 4 N–H and O–H groups in total. The van der Waals surface area contributed by atoms with E-state index in [2.05, 4.69) is 53.1 Å². The van der Waals surface area contributed by atoms with Gasteiger partial charge in [-0.15, -0.1) is 0 Å². The van der Waals surface area contributed by atoms with Gasteiger partial charge in [-0.05, 0) is 43.4 Å². The lowest BCUT2D eigenvalue weighted by molar-refractivity contribution is 0.103. The highest BCUT2D eigenvalue weighted by molar-refractivity contribution is 5.85. The van der Waals surface area contributed by atoms with Crippen molar-refractivity contribution in [3.63, 3.8) is 0 Å². The SMILES string of the molecule is C=C(NCc1ccccc1NC(=O)OCC(C)C)n1ncc(C(C)C)c1/N=C(\N)OC1CCN(C)CC1. The van der Waals surface area contributed by atoms with Crippen LogP contribution in [0.2, 0.25) is 0 Å². The summed E-state index contributed by atoms with van der Waals surface area (Å²) in [6.07, 6.45) is 3.17. The van der Waals surface area contributed by atoms with Crippen LogP contribution in [0.1, 0.15) is 57.6 Å². The second-order valence-corrected chi connectivity index (χ2v) is 10.1. The van der Waals surface area contributed by atoms with E-state index >= 15 is 0 Å². The molecular formula is C27H41N7O3. The normalized spacial score (nSPS) is 15.2. The van der Waals surface area contributed by atoms with Crippen LogP contribution < -0.4 is 16.4 Å². The Bertz CT molecular complexity index is 1090. The third kappa shape index (κ3) is 8.24. The van der Waals surface area contributed by atoms with Crippen molar-refractivity contribution in [2.75, 3.05) is 32.1 Å². The van der Waals surface area contributed by atoms with Crippen molar-refractivity contribution in [3.05, 3.63) is 48.2 Å². The quantitative estimate of drug-likeness (QED) is 0.318. The van der Waals surface area contributed by atoms with Crippen molar-refractivity contribution in [2.24, 2.45) is 16.6 Å². The minimum absolute atomic E-state index is 0.0522. The molecule has 1 aromatic carbocycles. The van der Waals surface area contributed by atoms with Crippen LogP contribution in [0.3, 0.4) is 0 Å². The number of ether oxygens (including phenoxy) is 2. The molecule has 1 fully saturated rings. The second-order valence-electron chi connectivity index (χ2n) is 10.1. The van der Waals surface area contributed by atoms with Gasteiger partial charge in [-0.3, -0.25) is 5.32 Å². The molecule has 1 amide bonds.